The number of anilines is 3. The summed E-state index contributed by atoms with van der Waals surface area (Å²) < 4.78 is 0. The first-order valence-electron chi connectivity index (χ1n) is 10.5. The third-order valence-electron chi connectivity index (χ3n) is 5.47. The van der Waals surface area contributed by atoms with Crippen molar-refractivity contribution in [3.05, 3.63) is 71.3 Å². The third kappa shape index (κ3) is 4.36. The second-order valence-electron chi connectivity index (χ2n) is 7.69. The number of fused-ring (bicyclic) bond motifs is 1. The number of rotatable bonds is 6. The molecule has 4 aromatic rings. The summed E-state index contributed by atoms with van der Waals surface area (Å²) in [4.78, 5) is 30.5. The van der Waals surface area contributed by atoms with Crippen LogP contribution in [0.5, 0.6) is 0 Å². The molecule has 0 bridgehead atoms. The molecule has 0 saturated carbocycles. The van der Waals surface area contributed by atoms with Gasteiger partial charge in [-0.3, -0.25) is 9.78 Å². The topological polar surface area (TPSA) is 98.8 Å². The lowest BCUT2D eigenvalue weighted by Gasteiger charge is -2.16. The Labute approximate surface area is 190 Å². The minimum atomic E-state index is -0.284. The number of aromatic amines is 1. The van der Waals surface area contributed by atoms with Gasteiger partial charge >= 0.3 is 0 Å². The molecule has 0 unspecified atom stereocenters. The Bertz CT molecular complexity index is 1250. The van der Waals surface area contributed by atoms with Crippen LogP contribution >= 0.6 is 11.6 Å². The van der Waals surface area contributed by atoms with Crippen molar-refractivity contribution in [3.63, 3.8) is 0 Å². The average Bonchev–Trinajstić information content (AvgIpc) is 3.49. The minimum absolute atomic E-state index is 0.274. The highest BCUT2D eigenvalue weighted by atomic mass is 35.5. The van der Waals surface area contributed by atoms with E-state index < -0.39 is 0 Å². The molecule has 9 heteroatoms. The maximum Gasteiger partial charge on any atom is 0.271 e. The van der Waals surface area contributed by atoms with E-state index in [-0.39, 0.29) is 11.6 Å². The Morgan fingerprint density at radius 1 is 1.12 bits per heavy atom. The van der Waals surface area contributed by atoms with E-state index in [1.807, 2.05) is 12.1 Å². The van der Waals surface area contributed by atoms with Crippen LogP contribution in [0.1, 0.15) is 28.9 Å². The highest BCUT2D eigenvalue weighted by Gasteiger charge is 2.14. The zero-order valence-electron chi connectivity index (χ0n) is 17.3. The number of halogens is 1. The van der Waals surface area contributed by atoms with Crippen molar-refractivity contribution in [2.24, 2.45) is 0 Å². The van der Waals surface area contributed by atoms with Gasteiger partial charge in [-0.15, -0.1) is 0 Å². The van der Waals surface area contributed by atoms with Crippen molar-refractivity contribution in [3.8, 4) is 0 Å². The van der Waals surface area contributed by atoms with Gasteiger partial charge in [0.15, 0.2) is 0 Å². The number of nitrogens with zero attached hydrogens (tertiary/aromatic N) is 4. The summed E-state index contributed by atoms with van der Waals surface area (Å²) in [5.74, 6) is 0.329. The van der Waals surface area contributed by atoms with E-state index in [2.05, 4.69) is 53.7 Å². The fourth-order valence-corrected chi connectivity index (χ4v) is 3.99. The van der Waals surface area contributed by atoms with E-state index in [9.17, 15) is 4.79 Å². The van der Waals surface area contributed by atoms with Crippen LogP contribution in [0.15, 0.2) is 55.0 Å². The molecule has 1 amide bonds. The number of amides is 1. The quantitative estimate of drug-likeness (QED) is 0.408. The molecule has 3 N–H and O–H groups in total. The van der Waals surface area contributed by atoms with E-state index in [0.29, 0.717) is 23.2 Å². The van der Waals surface area contributed by atoms with E-state index in [0.717, 1.165) is 29.7 Å². The lowest BCUT2D eigenvalue weighted by molar-refractivity contribution is 0.0945. The molecule has 32 heavy (non-hydrogen) atoms. The predicted octanol–water partition coefficient (Wildman–Crippen LogP) is 4.28. The minimum Gasteiger partial charge on any atom is -0.371 e. The monoisotopic (exact) mass is 447 g/mol. The van der Waals surface area contributed by atoms with Crippen LogP contribution in [0.4, 0.5) is 17.3 Å². The fraction of sp³-hybridized carbons (Fsp3) is 0.217. The zero-order valence-corrected chi connectivity index (χ0v) is 18.1. The average molecular weight is 448 g/mol. The number of hydrogen-bond acceptors (Lipinski definition) is 6. The van der Waals surface area contributed by atoms with Crippen LogP contribution < -0.4 is 15.5 Å². The van der Waals surface area contributed by atoms with Crippen LogP contribution in [0.25, 0.3) is 11.0 Å². The van der Waals surface area contributed by atoms with Crippen molar-refractivity contribution >= 4 is 45.9 Å². The van der Waals surface area contributed by atoms with Gasteiger partial charge < -0.3 is 20.5 Å². The smallest absolute Gasteiger partial charge is 0.271 e. The van der Waals surface area contributed by atoms with Gasteiger partial charge in [0.05, 0.1) is 27.9 Å². The second kappa shape index (κ2) is 8.84. The number of carbonyl (C=O) groups is 1. The molecule has 8 nitrogen and oxygen atoms in total. The maximum atomic E-state index is 12.2. The first-order valence-corrected chi connectivity index (χ1v) is 10.9. The molecule has 162 valence electrons. The highest BCUT2D eigenvalue weighted by Crippen LogP contribution is 2.28. The summed E-state index contributed by atoms with van der Waals surface area (Å²) >= 11 is 6.40. The van der Waals surface area contributed by atoms with E-state index in [4.69, 9.17) is 11.6 Å². The molecule has 1 fully saturated rings. The Balaban J connectivity index is 1.30. The molecule has 0 aliphatic carbocycles. The molecular formula is C23H22ClN7O. The van der Waals surface area contributed by atoms with Gasteiger partial charge in [-0.2, -0.15) is 0 Å². The van der Waals surface area contributed by atoms with Crippen LogP contribution in [0.2, 0.25) is 5.02 Å². The van der Waals surface area contributed by atoms with E-state index in [1.165, 1.54) is 37.1 Å². The zero-order chi connectivity index (χ0) is 21.9. The van der Waals surface area contributed by atoms with Crippen molar-refractivity contribution in [2.75, 3.05) is 23.3 Å². The first-order chi connectivity index (χ1) is 15.7. The largest absolute Gasteiger partial charge is 0.371 e. The SMILES string of the molecule is O=C(NCc1ccc(Cl)c(Nc2nc3cc(N4CCCC4)ccc3[nH]2)c1)c1cnccn1. The van der Waals surface area contributed by atoms with Gasteiger partial charge in [-0.1, -0.05) is 17.7 Å². The molecule has 0 spiro atoms. The molecule has 0 atom stereocenters. The predicted molar refractivity (Wildman–Crippen MR) is 125 cm³/mol. The molecule has 2 aromatic heterocycles. The van der Waals surface area contributed by atoms with Crippen molar-refractivity contribution in [1.82, 2.24) is 25.3 Å². The Kier molecular flexibility index (Phi) is 5.60. The van der Waals surface area contributed by atoms with Gasteiger partial charge in [-0.05, 0) is 48.7 Å². The molecule has 0 radical (unpaired) electrons. The number of nitrogens with one attached hydrogen (secondary N) is 3. The van der Waals surface area contributed by atoms with Gasteiger partial charge in [-0.25, -0.2) is 9.97 Å². The van der Waals surface area contributed by atoms with Crippen LogP contribution in [-0.2, 0) is 6.54 Å². The second-order valence-corrected chi connectivity index (χ2v) is 8.10. The lowest BCUT2D eigenvalue weighted by atomic mass is 10.2. The number of benzene rings is 2. The number of imidazole rings is 1. The maximum absolute atomic E-state index is 12.2. The molecule has 2 aromatic carbocycles. The Hall–Kier alpha value is -3.65. The summed E-state index contributed by atoms with van der Waals surface area (Å²) in [5, 5.41) is 6.67. The molecule has 1 aliphatic rings. The Morgan fingerprint density at radius 2 is 2.00 bits per heavy atom. The summed E-state index contributed by atoms with van der Waals surface area (Å²) in [6.07, 6.45) is 6.92. The number of aromatic nitrogens is 4. The van der Waals surface area contributed by atoms with Gasteiger partial charge in [0.1, 0.15) is 5.69 Å². The molecule has 1 saturated heterocycles. The van der Waals surface area contributed by atoms with Gasteiger partial charge in [0, 0.05) is 37.7 Å². The first kappa shape index (κ1) is 20.3. The fourth-order valence-electron chi connectivity index (χ4n) is 3.82. The van der Waals surface area contributed by atoms with Crippen molar-refractivity contribution in [2.45, 2.75) is 19.4 Å². The molecule has 1 aliphatic heterocycles. The van der Waals surface area contributed by atoms with Gasteiger partial charge in [0.25, 0.3) is 5.91 Å². The highest BCUT2D eigenvalue weighted by molar-refractivity contribution is 6.33. The van der Waals surface area contributed by atoms with Crippen molar-refractivity contribution < 1.29 is 4.79 Å². The van der Waals surface area contributed by atoms with Crippen LogP contribution in [0.3, 0.4) is 0 Å². The molecule has 5 rings (SSSR count). The van der Waals surface area contributed by atoms with E-state index >= 15 is 0 Å². The molecular weight excluding hydrogens is 426 g/mol. The van der Waals surface area contributed by atoms with Crippen LogP contribution in [-0.4, -0.2) is 38.9 Å². The van der Waals surface area contributed by atoms with Crippen molar-refractivity contribution in [1.29, 1.82) is 0 Å². The van der Waals surface area contributed by atoms with Gasteiger partial charge in [0.2, 0.25) is 5.95 Å². The summed E-state index contributed by atoms with van der Waals surface area (Å²) in [6, 6.07) is 11.8. The number of carbonyl (C=O) groups excluding carboxylic acids is 1. The number of hydrogen-bond donors (Lipinski definition) is 3. The summed E-state index contributed by atoms with van der Waals surface area (Å²) in [7, 11) is 0. The standard InChI is InChI=1S/C23H22ClN7O/c24-17-5-3-15(13-27-22(32)21-14-25-7-8-26-21)11-19(17)29-23-28-18-6-4-16(12-20(18)30-23)31-9-1-2-10-31/h3-8,11-12,14H,1-2,9-10,13H2,(H,27,32)(H2,28,29,30). The lowest BCUT2D eigenvalue weighted by Crippen LogP contribution is -2.23. The molecule has 3 heterocycles. The number of H-pyrrole nitrogens is 1. The van der Waals surface area contributed by atoms with Crippen LogP contribution in [0, 0.1) is 0 Å². The Morgan fingerprint density at radius 3 is 2.81 bits per heavy atom. The normalized spacial score (nSPS) is 13.5. The third-order valence-corrected chi connectivity index (χ3v) is 5.80. The van der Waals surface area contributed by atoms with E-state index in [1.54, 1.807) is 6.07 Å². The summed E-state index contributed by atoms with van der Waals surface area (Å²) in [5.41, 5.74) is 4.93. The summed E-state index contributed by atoms with van der Waals surface area (Å²) in [6.45, 7) is 2.52.